The minimum absolute atomic E-state index is 0.0185. The van der Waals surface area contributed by atoms with Gasteiger partial charge in [-0.3, -0.25) is 9.59 Å². The molecule has 1 saturated heterocycles. The lowest BCUT2D eigenvalue weighted by Gasteiger charge is -2.32. The molecular weight excluding hydrogens is 393 g/mol. The van der Waals surface area contributed by atoms with Crippen molar-refractivity contribution in [2.24, 2.45) is 0 Å². The van der Waals surface area contributed by atoms with E-state index in [2.05, 4.69) is 4.98 Å². The average molecular weight is 417 g/mol. The Morgan fingerprint density at radius 2 is 1.74 bits per heavy atom. The lowest BCUT2D eigenvalue weighted by molar-refractivity contribution is 0.00578. The molecule has 0 aliphatic carbocycles. The van der Waals surface area contributed by atoms with Crippen molar-refractivity contribution in [3.05, 3.63) is 59.7 Å². The minimum Gasteiger partial charge on any atom is -0.439 e. The maximum atomic E-state index is 11.8. The van der Waals surface area contributed by atoms with E-state index in [-0.39, 0.29) is 5.78 Å². The van der Waals surface area contributed by atoms with Gasteiger partial charge in [-0.1, -0.05) is 18.2 Å². The van der Waals surface area contributed by atoms with Crippen LogP contribution in [0.1, 0.15) is 55.3 Å². The summed E-state index contributed by atoms with van der Waals surface area (Å²) in [5, 5.41) is 0.770. The molecule has 6 nitrogen and oxygen atoms in total. The quantitative estimate of drug-likeness (QED) is 0.349. The number of benzene rings is 2. The van der Waals surface area contributed by atoms with Crippen molar-refractivity contribution < 1.29 is 23.6 Å². The number of pyridine rings is 1. The van der Waals surface area contributed by atoms with E-state index in [1.807, 2.05) is 39.8 Å². The summed E-state index contributed by atoms with van der Waals surface area (Å²) in [6.45, 7) is 9.39. The van der Waals surface area contributed by atoms with Crippen molar-refractivity contribution in [3.8, 4) is 11.6 Å². The van der Waals surface area contributed by atoms with Gasteiger partial charge in [-0.15, -0.1) is 0 Å². The van der Waals surface area contributed by atoms with Crippen LogP contribution in [0.2, 0.25) is 0 Å². The van der Waals surface area contributed by atoms with Crippen molar-refractivity contribution in [2.75, 3.05) is 0 Å². The molecule has 1 fully saturated rings. The summed E-state index contributed by atoms with van der Waals surface area (Å²) in [4.78, 5) is 28.1. The van der Waals surface area contributed by atoms with Crippen molar-refractivity contribution >= 4 is 35.6 Å². The number of carbonyl (C=O) groups excluding carboxylic acids is 2. The molecule has 0 amide bonds. The van der Waals surface area contributed by atoms with Gasteiger partial charge >= 0.3 is 7.12 Å². The highest BCUT2D eigenvalue weighted by Crippen LogP contribution is 2.37. The number of ether oxygens (including phenoxy) is 1. The first-order valence-electron chi connectivity index (χ1n) is 10.1. The number of nitrogens with zero attached hydrogens (tertiary/aromatic N) is 1. The van der Waals surface area contributed by atoms with Crippen molar-refractivity contribution in [1.29, 1.82) is 0 Å². The minimum atomic E-state index is -0.636. The highest BCUT2D eigenvalue weighted by Gasteiger charge is 2.52. The zero-order valence-electron chi connectivity index (χ0n) is 18.3. The van der Waals surface area contributed by atoms with E-state index in [0.717, 1.165) is 11.7 Å². The van der Waals surface area contributed by atoms with Gasteiger partial charge in [0, 0.05) is 22.6 Å². The zero-order valence-corrected chi connectivity index (χ0v) is 18.3. The second-order valence-corrected chi connectivity index (χ2v) is 8.68. The molecule has 0 atom stereocenters. The van der Waals surface area contributed by atoms with Crippen LogP contribution in [0.25, 0.3) is 10.9 Å². The fourth-order valence-electron chi connectivity index (χ4n) is 3.52. The molecule has 3 aromatic rings. The molecule has 1 aliphatic rings. The number of carbonyl (C=O) groups is 2. The predicted octanol–water partition coefficient (Wildman–Crippen LogP) is 4.34. The van der Waals surface area contributed by atoms with E-state index in [4.69, 9.17) is 14.0 Å². The second kappa shape index (κ2) is 7.59. The Morgan fingerprint density at radius 3 is 2.39 bits per heavy atom. The average Bonchev–Trinajstić information content (AvgIpc) is 2.94. The van der Waals surface area contributed by atoms with Crippen LogP contribution in [0.5, 0.6) is 11.6 Å². The molecule has 1 aliphatic heterocycles. The predicted molar refractivity (Wildman–Crippen MR) is 119 cm³/mol. The molecule has 158 valence electrons. The van der Waals surface area contributed by atoms with Gasteiger partial charge in [-0.05, 0) is 64.3 Å². The van der Waals surface area contributed by atoms with Crippen LogP contribution in [0, 0.1) is 0 Å². The lowest BCUT2D eigenvalue weighted by Crippen LogP contribution is -2.41. The van der Waals surface area contributed by atoms with Crippen LogP contribution >= 0.6 is 0 Å². The Balaban J connectivity index is 1.62. The normalized spacial score (nSPS) is 17.0. The zero-order chi connectivity index (χ0) is 22.4. The number of hydrogen-bond donors (Lipinski definition) is 0. The molecular formula is C24H24BNO5. The van der Waals surface area contributed by atoms with Gasteiger partial charge in [0.1, 0.15) is 12.0 Å². The van der Waals surface area contributed by atoms with Crippen LogP contribution in [-0.2, 0) is 9.31 Å². The third kappa shape index (κ3) is 3.87. The summed E-state index contributed by atoms with van der Waals surface area (Å²) in [5.41, 5.74) is 1.36. The van der Waals surface area contributed by atoms with Gasteiger partial charge in [0.25, 0.3) is 0 Å². The van der Waals surface area contributed by atoms with Crippen LogP contribution in [0.4, 0.5) is 0 Å². The first kappa shape index (κ1) is 21.2. The molecule has 0 N–H and O–H groups in total. The lowest BCUT2D eigenvalue weighted by atomic mass is 9.76. The number of Topliss-reactive ketones (excluding diaryl/α,β-unsaturated/α-hetero) is 1. The Morgan fingerprint density at radius 1 is 1.03 bits per heavy atom. The van der Waals surface area contributed by atoms with E-state index in [1.165, 1.54) is 6.92 Å². The number of rotatable bonds is 5. The largest absolute Gasteiger partial charge is 0.495 e. The maximum Gasteiger partial charge on any atom is 0.495 e. The maximum absolute atomic E-state index is 11.8. The fourth-order valence-corrected chi connectivity index (χ4v) is 3.52. The van der Waals surface area contributed by atoms with E-state index in [1.54, 1.807) is 36.4 Å². The SMILES string of the molecule is CC(=O)c1cccc2nc(Oc3ccc(B4OC(C)(C)C(C)(C)O4)c(C=O)c3)ccc12. The third-order valence-electron chi connectivity index (χ3n) is 6.00. The van der Waals surface area contributed by atoms with E-state index in [0.29, 0.717) is 33.7 Å². The number of ketones is 1. The van der Waals surface area contributed by atoms with Gasteiger partial charge in [-0.25, -0.2) is 4.98 Å². The molecule has 1 aromatic heterocycles. The third-order valence-corrected chi connectivity index (χ3v) is 6.00. The standard InChI is InChI=1S/C24H24BNO5/c1-15(28)18-7-6-8-21-19(18)10-12-22(26-21)29-17-9-11-20(16(13-17)14-27)25-30-23(2,3)24(4,5)31-25/h6-14H,1-5H3. The highest BCUT2D eigenvalue weighted by molar-refractivity contribution is 6.63. The molecule has 0 radical (unpaired) electrons. The second-order valence-electron chi connectivity index (χ2n) is 8.68. The molecule has 31 heavy (non-hydrogen) atoms. The molecule has 0 unspecified atom stereocenters. The summed E-state index contributed by atoms with van der Waals surface area (Å²) >= 11 is 0. The van der Waals surface area contributed by atoms with Crippen LogP contribution in [0.3, 0.4) is 0 Å². The monoisotopic (exact) mass is 417 g/mol. The summed E-state index contributed by atoms with van der Waals surface area (Å²) in [7, 11) is -0.636. The Kier molecular flexibility index (Phi) is 5.19. The molecule has 4 rings (SSSR count). The summed E-state index contributed by atoms with van der Waals surface area (Å²) < 4.78 is 18.0. The fraction of sp³-hybridized carbons (Fsp3) is 0.292. The van der Waals surface area contributed by atoms with Crippen molar-refractivity contribution in [1.82, 2.24) is 4.98 Å². The number of aldehydes is 1. The molecule has 7 heteroatoms. The first-order chi connectivity index (χ1) is 14.6. The van der Waals surface area contributed by atoms with Crippen molar-refractivity contribution in [3.63, 3.8) is 0 Å². The van der Waals surface area contributed by atoms with E-state index in [9.17, 15) is 9.59 Å². The number of fused-ring (bicyclic) bond motifs is 1. The van der Waals surface area contributed by atoms with E-state index < -0.39 is 18.3 Å². The summed E-state index contributed by atoms with van der Waals surface area (Å²) in [5.74, 6) is 0.820. The van der Waals surface area contributed by atoms with Gasteiger partial charge in [0.05, 0.1) is 16.7 Å². The Bertz CT molecular complexity index is 1170. The van der Waals surface area contributed by atoms with Gasteiger partial charge in [0.2, 0.25) is 5.88 Å². The molecule has 0 bridgehead atoms. The van der Waals surface area contributed by atoms with E-state index >= 15 is 0 Å². The first-order valence-corrected chi connectivity index (χ1v) is 10.1. The molecule has 2 aromatic carbocycles. The number of hydrogen-bond acceptors (Lipinski definition) is 6. The summed E-state index contributed by atoms with van der Waals surface area (Å²) in [6.07, 6.45) is 0.764. The van der Waals surface area contributed by atoms with Gasteiger partial charge in [-0.2, -0.15) is 0 Å². The van der Waals surface area contributed by atoms with Crippen molar-refractivity contribution in [2.45, 2.75) is 45.8 Å². The van der Waals surface area contributed by atoms with Crippen LogP contribution in [-0.4, -0.2) is 35.4 Å². The smallest absolute Gasteiger partial charge is 0.439 e. The molecule has 2 heterocycles. The summed E-state index contributed by atoms with van der Waals surface area (Å²) in [6, 6.07) is 14.1. The van der Waals surface area contributed by atoms with Gasteiger partial charge < -0.3 is 14.0 Å². The topological polar surface area (TPSA) is 74.7 Å². The Labute approximate surface area is 181 Å². The highest BCUT2D eigenvalue weighted by atomic mass is 16.7. The number of aromatic nitrogens is 1. The molecule has 0 spiro atoms. The van der Waals surface area contributed by atoms with Crippen LogP contribution in [0.15, 0.2) is 48.5 Å². The molecule has 0 saturated carbocycles. The Hall–Kier alpha value is -3.03. The van der Waals surface area contributed by atoms with Crippen LogP contribution < -0.4 is 10.2 Å². The van der Waals surface area contributed by atoms with Gasteiger partial charge in [0.15, 0.2) is 5.78 Å².